The molecule has 1 heterocycles. The second-order valence-electron chi connectivity index (χ2n) is 12.6. The predicted octanol–water partition coefficient (Wildman–Crippen LogP) is 9.48. The zero-order valence-electron chi connectivity index (χ0n) is 25.1. The van der Waals surface area contributed by atoms with Crippen LogP contribution in [0.3, 0.4) is 0 Å². The van der Waals surface area contributed by atoms with E-state index in [4.69, 9.17) is 0 Å². The van der Waals surface area contributed by atoms with Crippen LogP contribution in [0.5, 0.6) is 0 Å². The van der Waals surface area contributed by atoms with Crippen LogP contribution in [-0.2, 0) is 12.8 Å². The highest BCUT2D eigenvalue weighted by atomic mass is 16.2. The molecule has 3 nitrogen and oxygen atoms in total. The number of nitrogens with zero attached hydrogens (tertiary/aromatic N) is 1. The Balaban J connectivity index is 1.67. The van der Waals surface area contributed by atoms with E-state index in [1.165, 1.54) is 48.0 Å². The van der Waals surface area contributed by atoms with Crippen LogP contribution in [0.1, 0.15) is 67.3 Å². The molecular formula is C39H35NO2. The van der Waals surface area contributed by atoms with Crippen LogP contribution in [0.2, 0.25) is 0 Å². The highest BCUT2D eigenvalue weighted by Crippen LogP contribution is 2.51. The Morgan fingerprint density at radius 1 is 0.571 bits per heavy atom. The Labute approximate surface area is 244 Å². The first-order valence-corrected chi connectivity index (χ1v) is 15.6. The van der Waals surface area contributed by atoms with Crippen LogP contribution in [0.25, 0.3) is 70.3 Å². The molecule has 42 heavy (non-hydrogen) atoms. The third kappa shape index (κ3) is 3.12. The summed E-state index contributed by atoms with van der Waals surface area (Å²) in [5, 5.41) is 13.1. The minimum absolute atomic E-state index is 0.191. The van der Waals surface area contributed by atoms with Gasteiger partial charge in [0.15, 0.2) is 0 Å². The van der Waals surface area contributed by atoms with Gasteiger partial charge >= 0.3 is 0 Å². The fraction of sp³-hybridized carbons (Fsp3) is 0.282. The van der Waals surface area contributed by atoms with Gasteiger partial charge in [-0.3, -0.25) is 9.59 Å². The molecule has 1 aromatic heterocycles. The van der Waals surface area contributed by atoms with Crippen molar-refractivity contribution in [1.29, 1.82) is 0 Å². The van der Waals surface area contributed by atoms with Gasteiger partial charge in [-0.05, 0) is 146 Å². The Bertz CT molecular complexity index is 2310. The van der Waals surface area contributed by atoms with Crippen molar-refractivity contribution < 1.29 is 0 Å². The summed E-state index contributed by atoms with van der Waals surface area (Å²) in [4.78, 5) is 29.2. The maximum Gasteiger partial charge on any atom is 0.266 e. The molecule has 0 unspecified atom stereocenters. The van der Waals surface area contributed by atoms with Gasteiger partial charge in [0.1, 0.15) is 0 Å². The Kier molecular flexibility index (Phi) is 5.38. The number of rotatable bonds is 7. The standard InChI is InChI=1S/C39H35NO2/c1-6-8-10-24-18-28-34-32-26(24)14-12-23-13-15-27-25(11-9-7-2)19-29(35(34)33(27)31(23)32)37-36(28)38(41)40(39(37)42)30-17-20(3)16-21(4)22(30)5/h12-19H,6-11H2,1-5H3. The molecule has 0 spiro atoms. The molecule has 8 aromatic rings. The van der Waals surface area contributed by atoms with Crippen molar-refractivity contribution in [2.45, 2.75) is 73.1 Å². The molecule has 0 amide bonds. The Morgan fingerprint density at radius 3 is 1.57 bits per heavy atom. The molecule has 0 aliphatic heterocycles. The lowest BCUT2D eigenvalue weighted by atomic mass is 9.90. The van der Waals surface area contributed by atoms with E-state index in [1.54, 1.807) is 0 Å². The van der Waals surface area contributed by atoms with Crippen LogP contribution < -0.4 is 11.1 Å². The molecular weight excluding hydrogens is 514 g/mol. The van der Waals surface area contributed by atoms with E-state index in [1.807, 2.05) is 19.9 Å². The van der Waals surface area contributed by atoms with E-state index in [-0.39, 0.29) is 11.1 Å². The lowest BCUT2D eigenvalue weighted by Gasteiger charge is -2.12. The van der Waals surface area contributed by atoms with E-state index < -0.39 is 0 Å². The smallest absolute Gasteiger partial charge is 0.266 e. The van der Waals surface area contributed by atoms with E-state index >= 15 is 0 Å². The van der Waals surface area contributed by atoms with Crippen molar-refractivity contribution in [3.05, 3.63) is 97.1 Å². The van der Waals surface area contributed by atoms with Crippen LogP contribution in [0.4, 0.5) is 0 Å². The average molecular weight is 550 g/mol. The molecule has 0 saturated carbocycles. The number of unbranched alkanes of at least 4 members (excludes halogenated alkanes) is 2. The van der Waals surface area contributed by atoms with Gasteiger partial charge in [-0.1, -0.05) is 57.0 Å². The summed E-state index contributed by atoms with van der Waals surface area (Å²) in [6.07, 6.45) is 6.29. The minimum Gasteiger partial charge on any atom is -0.268 e. The molecule has 0 radical (unpaired) electrons. The summed E-state index contributed by atoms with van der Waals surface area (Å²) in [7, 11) is 0. The monoisotopic (exact) mass is 549 g/mol. The van der Waals surface area contributed by atoms with Crippen molar-refractivity contribution in [2.75, 3.05) is 0 Å². The van der Waals surface area contributed by atoms with Crippen LogP contribution in [-0.4, -0.2) is 4.57 Å². The highest BCUT2D eigenvalue weighted by Gasteiger charge is 2.29. The normalized spacial score (nSPS) is 12.7. The first kappa shape index (κ1) is 25.5. The maximum absolute atomic E-state index is 14.6. The number of aryl methyl sites for hydroxylation is 4. The van der Waals surface area contributed by atoms with Gasteiger partial charge in [0.05, 0.1) is 16.5 Å². The van der Waals surface area contributed by atoms with Crippen LogP contribution >= 0.6 is 0 Å². The van der Waals surface area contributed by atoms with Crippen molar-refractivity contribution in [1.82, 2.24) is 4.57 Å². The van der Waals surface area contributed by atoms with E-state index in [0.29, 0.717) is 16.5 Å². The lowest BCUT2D eigenvalue weighted by Crippen LogP contribution is -2.24. The lowest BCUT2D eigenvalue weighted by molar-refractivity contribution is 0.799. The number of aromatic nitrogens is 1. The molecule has 0 atom stereocenters. The zero-order valence-corrected chi connectivity index (χ0v) is 25.1. The summed E-state index contributed by atoms with van der Waals surface area (Å²) < 4.78 is 1.47. The maximum atomic E-state index is 14.6. The third-order valence-corrected chi connectivity index (χ3v) is 10.1. The molecule has 7 aromatic carbocycles. The average Bonchev–Trinajstić information content (AvgIpc) is 3.47. The largest absolute Gasteiger partial charge is 0.268 e. The Hall–Kier alpha value is -4.24. The highest BCUT2D eigenvalue weighted by molar-refractivity contribution is 6.48. The van der Waals surface area contributed by atoms with Crippen LogP contribution in [0, 0.1) is 20.8 Å². The molecule has 8 rings (SSSR count). The van der Waals surface area contributed by atoms with E-state index in [0.717, 1.165) is 76.8 Å². The number of hydrogen-bond donors (Lipinski definition) is 0. The van der Waals surface area contributed by atoms with Crippen molar-refractivity contribution in [3.63, 3.8) is 0 Å². The quantitative estimate of drug-likeness (QED) is 0.186. The summed E-state index contributed by atoms with van der Waals surface area (Å²) in [5.41, 5.74) is 5.99. The molecule has 0 aliphatic carbocycles. The summed E-state index contributed by atoms with van der Waals surface area (Å²) in [5.74, 6) is 0. The van der Waals surface area contributed by atoms with Gasteiger partial charge in [-0.2, -0.15) is 0 Å². The number of benzene rings is 6. The Morgan fingerprint density at radius 2 is 1.07 bits per heavy atom. The molecule has 0 bridgehead atoms. The first-order valence-electron chi connectivity index (χ1n) is 15.6. The second-order valence-corrected chi connectivity index (χ2v) is 12.6. The predicted molar refractivity (Wildman–Crippen MR) is 180 cm³/mol. The van der Waals surface area contributed by atoms with Crippen molar-refractivity contribution in [2.24, 2.45) is 0 Å². The fourth-order valence-corrected chi connectivity index (χ4v) is 7.95. The van der Waals surface area contributed by atoms with Gasteiger partial charge in [-0.25, -0.2) is 4.57 Å². The third-order valence-electron chi connectivity index (χ3n) is 10.1. The van der Waals surface area contributed by atoms with Gasteiger partial charge < -0.3 is 0 Å². The fourth-order valence-electron chi connectivity index (χ4n) is 7.95. The molecule has 0 fully saturated rings. The van der Waals surface area contributed by atoms with Gasteiger partial charge in [0, 0.05) is 0 Å². The molecule has 208 valence electrons. The SMILES string of the molecule is CCCCc1cc2c3c(=O)n(-c4cc(C)cc(C)c4C)c(=O)c3c3cc(CCCC)c4ccc5ccc1c1c5c4c3c21. The minimum atomic E-state index is -0.191. The summed E-state index contributed by atoms with van der Waals surface area (Å²) in [6, 6.07) is 17.7. The molecule has 0 saturated heterocycles. The second kappa shape index (κ2) is 8.88. The molecule has 0 aliphatic rings. The summed E-state index contributed by atoms with van der Waals surface area (Å²) in [6.45, 7) is 10.5. The topological polar surface area (TPSA) is 39.1 Å². The summed E-state index contributed by atoms with van der Waals surface area (Å²) >= 11 is 0. The first-order chi connectivity index (χ1) is 20.3. The van der Waals surface area contributed by atoms with Gasteiger partial charge in [0.2, 0.25) is 0 Å². The number of hydrogen-bond acceptors (Lipinski definition) is 2. The van der Waals surface area contributed by atoms with Crippen molar-refractivity contribution in [3.8, 4) is 5.69 Å². The van der Waals surface area contributed by atoms with E-state index in [9.17, 15) is 9.59 Å². The molecule has 3 heteroatoms. The van der Waals surface area contributed by atoms with Gasteiger partial charge in [0.25, 0.3) is 11.1 Å². The van der Waals surface area contributed by atoms with Crippen molar-refractivity contribution >= 4 is 64.6 Å². The van der Waals surface area contributed by atoms with E-state index in [2.05, 4.69) is 63.2 Å². The zero-order chi connectivity index (χ0) is 29.0. The number of fused-ring (bicyclic) bond motifs is 3. The van der Waals surface area contributed by atoms with Gasteiger partial charge in [-0.15, -0.1) is 0 Å². The van der Waals surface area contributed by atoms with Crippen LogP contribution in [0.15, 0.2) is 58.1 Å². The molecule has 0 N–H and O–H groups in total.